The van der Waals surface area contributed by atoms with Crippen LogP contribution in [0.4, 0.5) is 0 Å². The summed E-state index contributed by atoms with van der Waals surface area (Å²) in [6, 6.07) is 15.2. The fourth-order valence-electron chi connectivity index (χ4n) is 2.44. The molecule has 0 bridgehead atoms. The number of aryl methyl sites for hydroxylation is 3. The summed E-state index contributed by atoms with van der Waals surface area (Å²) in [5.74, 6) is 0. The fourth-order valence-corrected chi connectivity index (χ4v) is 2.44. The minimum Gasteiger partial charge on any atom is -0.260 e. The zero-order valence-corrected chi connectivity index (χ0v) is 11.6. The van der Waals surface area contributed by atoms with E-state index in [0.717, 1.165) is 12.2 Å². The van der Waals surface area contributed by atoms with E-state index in [-0.39, 0.29) is 0 Å². The van der Waals surface area contributed by atoms with Gasteiger partial charge in [-0.15, -0.1) is 0 Å². The molecule has 0 N–H and O–H groups in total. The smallest absolute Gasteiger partial charge is 0.0689 e. The highest BCUT2D eigenvalue weighted by atomic mass is 15.3. The lowest BCUT2D eigenvalue weighted by molar-refractivity contribution is 0.703. The second-order valence-electron chi connectivity index (χ2n) is 5.25. The van der Waals surface area contributed by atoms with Crippen LogP contribution in [0, 0.1) is 20.8 Å². The Labute approximate surface area is 113 Å². The molecule has 96 valence electrons. The van der Waals surface area contributed by atoms with Crippen LogP contribution < -0.4 is 0 Å². The quantitative estimate of drug-likeness (QED) is 0.672. The Morgan fingerprint density at radius 1 is 0.895 bits per heavy atom. The summed E-state index contributed by atoms with van der Waals surface area (Å²) >= 11 is 0. The van der Waals surface area contributed by atoms with Crippen LogP contribution in [0.3, 0.4) is 0 Å². The Bertz CT molecular complexity index is 721. The molecule has 2 aromatic carbocycles. The summed E-state index contributed by atoms with van der Waals surface area (Å²) in [4.78, 5) is 0. The van der Waals surface area contributed by atoms with E-state index in [9.17, 15) is 0 Å². The highest BCUT2D eigenvalue weighted by Crippen LogP contribution is 2.20. The molecule has 0 aliphatic carbocycles. The summed E-state index contributed by atoms with van der Waals surface area (Å²) in [7, 11) is 0. The molecule has 0 spiro atoms. The SMILES string of the molecule is Cc1ccc(Cn2nc(C)c3cc(C)ccc32)cc1. The molecule has 1 aromatic heterocycles. The van der Waals surface area contributed by atoms with E-state index in [1.165, 1.54) is 27.6 Å². The minimum absolute atomic E-state index is 0.827. The van der Waals surface area contributed by atoms with Crippen molar-refractivity contribution in [2.24, 2.45) is 0 Å². The topological polar surface area (TPSA) is 17.8 Å². The molecule has 0 unspecified atom stereocenters. The van der Waals surface area contributed by atoms with Gasteiger partial charge in [0.2, 0.25) is 0 Å². The van der Waals surface area contributed by atoms with Crippen molar-refractivity contribution in [3.8, 4) is 0 Å². The lowest BCUT2D eigenvalue weighted by Crippen LogP contribution is -2.01. The second kappa shape index (κ2) is 4.54. The molecule has 0 fully saturated rings. The van der Waals surface area contributed by atoms with Crippen LogP contribution in [0.2, 0.25) is 0 Å². The van der Waals surface area contributed by atoms with Crippen LogP contribution >= 0.6 is 0 Å². The van der Waals surface area contributed by atoms with E-state index < -0.39 is 0 Å². The van der Waals surface area contributed by atoms with Gasteiger partial charge in [-0.3, -0.25) is 4.68 Å². The maximum absolute atomic E-state index is 4.67. The van der Waals surface area contributed by atoms with Gasteiger partial charge in [0, 0.05) is 5.39 Å². The molecular weight excluding hydrogens is 232 g/mol. The predicted molar refractivity (Wildman–Crippen MR) is 79.5 cm³/mol. The van der Waals surface area contributed by atoms with Crippen molar-refractivity contribution in [2.45, 2.75) is 27.3 Å². The third kappa shape index (κ3) is 2.26. The normalized spacial score (nSPS) is 11.1. The summed E-state index contributed by atoms with van der Waals surface area (Å²) in [5, 5.41) is 5.92. The molecule has 1 heterocycles. The molecule has 0 aliphatic rings. The Kier molecular flexibility index (Phi) is 2.86. The number of nitrogens with zero attached hydrogens (tertiary/aromatic N) is 2. The summed E-state index contributed by atoms with van der Waals surface area (Å²) in [6.45, 7) is 7.14. The van der Waals surface area contributed by atoms with Gasteiger partial charge in [0.05, 0.1) is 17.8 Å². The van der Waals surface area contributed by atoms with E-state index in [1.54, 1.807) is 0 Å². The third-order valence-electron chi connectivity index (χ3n) is 3.54. The van der Waals surface area contributed by atoms with Gasteiger partial charge >= 0.3 is 0 Å². The number of hydrogen-bond acceptors (Lipinski definition) is 1. The predicted octanol–water partition coefficient (Wildman–Crippen LogP) is 4.01. The molecular formula is C17H18N2. The van der Waals surface area contributed by atoms with E-state index in [2.05, 4.69) is 73.0 Å². The van der Waals surface area contributed by atoms with E-state index in [4.69, 9.17) is 0 Å². The maximum atomic E-state index is 4.67. The first-order chi connectivity index (χ1) is 9.13. The molecule has 0 saturated carbocycles. The molecule has 3 rings (SSSR count). The lowest BCUT2D eigenvalue weighted by atomic mass is 10.1. The molecule has 0 atom stereocenters. The first kappa shape index (κ1) is 12.0. The number of rotatable bonds is 2. The largest absolute Gasteiger partial charge is 0.260 e. The number of benzene rings is 2. The maximum Gasteiger partial charge on any atom is 0.0689 e. The van der Waals surface area contributed by atoms with Crippen LogP contribution in [0.15, 0.2) is 42.5 Å². The molecule has 3 aromatic rings. The molecule has 2 heteroatoms. The van der Waals surface area contributed by atoms with Crippen molar-refractivity contribution in [1.29, 1.82) is 0 Å². The zero-order valence-electron chi connectivity index (χ0n) is 11.6. The summed E-state index contributed by atoms with van der Waals surface area (Å²) in [6.07, 6.45) is 0. The first-order valence-electron chi connectivity index (χ1n) is 6.63. The Balaban J connectivity index is 2.03. The van der Waals surface area contributed by atoms with Gasteiger partial charge in [-0.1, -0.05) is 41.5 Å². The van der Waals surface area contributed by atoms with Gasteiger partial charge in [0.1, 0.15) is 0 Å². The Morgan fingerprint density at radius 2 is 1.58 bits per heavy atom. The molecule has 0 aliphatic heterocycles. The van der Waals surface area contributed by atoms with Gasteiger partial charge in [0.25, 0.3) is 0 Å². The average Bonchev–Trinajstić information content (AvgIpc) is 2.69. The van der Waals surface area contributed by atoms with E-state index >= 15 is 0 Å². The van der Waals surface area contributed by atoms with Gasteiger partial charge in [0.15, 0.2) is 0 Å². The lowest BCUT2D eigenvalue weighted by Gasteiger charge is -2.04. The van der Waals surface area contributed by atoms with Crippen LogP contribution in [0.1, 0.15) is 22.4 Å². The van der Waals surface area contributed by atoms with Crippen molar-refractivity contribution in [2.75, 3.05) is 0 Å². The highest BCUT2D eigenvalue weighted by molar-refractivity contribution is 5.82. The summed E-state index contributed by atoms with van der Waals surface area (Å²) in [5.41, 5.74) is 6.18. The van der Waals surface area contributed by atoms with E-state index in [0.29, 0.717) is 0 Å². The molecule has 0 amide bonds. The Hall–Kier alpha value is -2.09. The molecule has 0 saturated heterocycles. The number of aromatic nitrogens is 2. The third-order valence-corrected chi connectivity index (χ3v) is 3.54. The molecule has 2 nitrogen and oxygen atoms in total. The van der Waals surface area contributed by atoms with Gasteiger partial charge in [-0.2, -0.15) is 5.10 Å². The van der Waals surface area contributed by atoms with Crippen LogP contribution in [0.25, 0.3) is 10.9 Å². The number of hydrogen-bond donors (Lipinski definition) is 0. The first-order valence-corrected chi connectivity index (χ1v) is 6.63. The second-order valence-corrected chi connectivity index (χ2v) is 5.25. The minimum atomic E-state index is 0.827. The number of fused-ring (bicyclic) bond motifs is 1. The zero-order chi connectivity index (χ0) is 13.4. The van der Waals surface area contributed by atoms with Gasteiger partial charge < -0.3 is 0 Å². The fraction of sp³-hybridized carbons (Fsp3) is 0.235. The van der Waals surface area contributed by atoms with Gasteiger partial charge in [-0.25, -0.2) is 0 Å². The van der Waals surface area contributed by atoms with Gasteiger partial charge in [-0.05, 0) is 38.5 Å². The highest BCUT2D eigenvalue weighted by Gasteiger charge is 2.07. The monoisotopic (exact) mass is 250 g/mol. The summed E-state index contributed by atoms with van der Waals surface area (Å²) < 4.78 is 2.09. The molecule has 19 heavy (non-hydrogen) atoms. The van der Waals surface area contributed by atoms with Crippen LogP contribution in [-0.2, 0) is 6.54 Å². The average molecular weight is 250 g/mol. The van der Waals surface area contributed by atoms with Crippen molar-refractivity contribution in [1.82, 2.24) is 9.78 Å². The standard InChI is InChI=1S/C17H18N2/c1-12-4-7-15(8-5-12)11-19-17-9-6-13(2)10-16(17)14(3)18-19/h4-10H,11H2,1-3H3. The van der Waals surface area contributed by atoms with Crippen molar-refractivity contribution < 1.29 is 0 Å². The van der Waals surface area contributed by atoms with Crippen molar-refractivity contribution in [3.63, 3.8) is 0 Å². The molecule has 0 radical (unpaired) electrons. The van der Waals surface area contributed by atoms with Crippen LogP contribution in [0.5, 0.6) is 0 Å². The van der Waals surface area contributed by atoms with Crippen LogP contribution in [-0.4, -0.2) is 9.78 Å². The van der Waals surface area contributed by atoms with E-state index in [1.807, 2.05) is 0 Å². The van der Waals surface area contributed by atoms with Crippen molar-refractivity contribution in [3.05, 3.63) is 64.8 Å². The Morgan fingerprint density at radius 3 is 2.32 bits per heavy atom. The van der Waals surface area contributed by atoms with Crippen molar-refractivity contribution >= 4 is 10.9 Å².